The second kappa shape index (κ2) is 6.44. The number of benzene rings is 2. The van der Waals surface area contributed by atoms with Gasteiger partial charge in [0.15, 0.2) is 11.5 Å². The predicted molar refractivity (Wildman–Crippen MR) is 81.7 cm³/mol. The quantitative estimate of drug-likeness (QED) is 0.903. The molecule has 3 heteroatoms. The highest BCUT2D eigenvalue weighted by atomic mass is 16.5. The van der Waals surface area contributed by atoms with Gasteiger partial charge in [0.2, 0.25) is 0 Å². The molecule has 0 atom stereocenters. The molecule has 3 nitrogen and oxygen atoms in total. The van der Waals surface area contributed by atoms with Gasteiger partial charge in [-0.05, 0) is 67.8 Å². The van der Waals surface area contributed by atoms with Crippen LogP contribution >= 0.6 is 0 Å². The van der Waals surface area contributed by atoms with Gasteiger partial charge in [-0.15, -0.1) is 0 Å². The molecule has 0 heterocycles. The molecule has 0 saturated carbocycles. The first-order valence-corrected chi connectivity index (χ1v) is 6.76. The Morgan fingerprint density at radius 3 is 2.45 bits per heavy atom. The van der Waals surface area contributed by atoms with Crippen LogP contribution in [0.2, 0.25) is 0 Å². The number of aryl methyl sites for hydroxylation is 2. The Morgan fingerprint density at radius 1 is 1.00 bits per heavy atom. The standard InChI is InChI=1S/C17H21NO2/c1-12-4-7-16(17(10-12)19-3)20-15-6-5-14(8-9-18)13(2)11-15/h4-7,10-11H,8-9,18H2,1-3H3. The molecule has 0 aromatic heterocycles. The zero-order chi connectivity index (χ0) is 14.5. The zero-order valence-corrected chi connectivity index (χ0v) is 12.3. The summed E-state index contributed by atoms with van der Waals surface area (Å²) in [7, 11) is 1.65. The van der Waals surface area contributed by atoms with Gasteiger partial charge < -0.3 is 15.2 Å². The lowest BCUT2D eigenvalue weighted by Gasteiger charge is -2.12. The second-order valence-electron chi connectivity index (χ2n) is 4.88. The molecule has 0 aliphatic carbocycles. The summed E-state index contributed by atoms with van der Waals surface area (Å²) in [6.07, 6.45) is 0.889. The number of rotatable bonds is 5. The molecule has 2 N–H and O–H groups in total. The fraction of sp³-hybridized carbons (Fsp3) is 0.294. The predicted octanol–water partition coefficient (Wildman–Crippen LogP) is 3.61. The van der Waals surface area contributed by atoms with E-state index in [1.807, 2.05) is 37.3 Å². The summed E-state index contributed by atoms with van der Waals surface area (Å²) in [5.41, 5.74) is 9.19. The van der Waals surface area contributed by atoms with Gasteiger partial charge in [0.1, 0.15) is 5.75 Å². The van der Waals surface area contributed by atoms with Crippen molar-refractivity contribution in [2.24, 2.45) is 5.73 Å². The van der Waals surface area contributed by atoms with Gasteiger partial charge in [0.05, 0.1) is 7.11 Å². The second-order valence-corrected chi connectivity index (χ2v) is 4.88. The summed E-state index contributed by atoms with van der Waals surface area (Å²) in [6.45, 7) is 4.76. The Morgan fingerprint density at radius 2 is 1.80 bits per heavy atom. The molecule has 20 heavy (non-hydrogen) atoms. The molecule has 0 aliphatic rings. The maximum Gasteiger partial charge on any atom is 0.169 e. The van der Waals surface area contributed by atoms with Crippen molar-refractivity contribution in [1.29, 1.82) is 0 Å². The van der Waals surface area contributed by atoms with Crippen LogP contribution in [0, 0.1) is 13.8 Å². The summed E-state index contributed by atoms with van der Waals surface area (Å²) < 4.78 is 11.3. The lowest BCUT2D eigenvalue weighted by molar-refractivity contribution is 0.378. The topological polar surface area (TPSA) is 44.5 Å². The van der Waals surface area contributed by atoms with Gasteiger partial charge in [0, 0.05) is 0 Å². The summed E-state index contributed by atoms with van der Waals surface area (Å²) in [5, 5.41) is 0. The number of hydrogen-bond donors (Lipinski definition) is 1. The highest BCUT2D eigenvalue weighted by molar-refractivity contribution is 5.46. The lowest BCUT2D eigenvalue weighted by Crippen LogP contribution is -2.04. The summed E-state index contributed by atoms with van der Waals surface area (Å²) in [4.78, 5) is 0. The van der Waals surface area contributed by atoms with Crippen LogP contribution in [0.5, 0.6) is 17.2 Å². The Bertz CT molecular complexity index is 594. The molecule has 0 unspecified atom stereocenters. The number of hydrogen-bond acceptors (Lipinski definition) is 3. The SMILES string of the molecule is COc1cc(C)ccc1Oc1ccc(CCN)c(C)c1. The minimum absolute atomic E-state index is 0.660. The average molecular weight is 271 g/mol. The molecule has 0 bridgehead atoms. The van der Waals surface area contributed by atoms with E-state index in [1.165, 1.54) is 11.1 Å². The number of ether oxygens (including phenoxy) is 2. The van der Waals surface area contributed by atoms with Crippen LogP contribution in [-0.4, -0.2) is 13.7 Å². The Kier molecular flexibility index (Phi) is 4.64. The van der Waals surface area contributed by atoms with Crippen LogP contribution < -0.4 is 15.2 Å². The minimum atomic E-state index is 0.660. The molecule has 0 radical (unpaired) electrons. The first-order chi connectivity index (χ1) is 9.63. The zero-order valence-electron chi connectivity index (χ0n) is 12.3. The molecule has 106 valence electrons. The van der Waals surface area contributed by atoms with Gasteiger partial charge in [0.25, 0.3) is 0 Å². The monoisotopic (exact) mass is 271 g/mol. The third kappa shape index (κ3) is 3.31. The smallest absolute Gasteiger partial charge is 0.169 e. The average Bonchev–Trinajstić information content (AvgIpc) is 2.44. The molecule has 0 aliphatic heterocycles. The molecule has 2 rings (SSSR count). The van der Waals surface area contributed by atoms with Crippen LogP contribution in [0.4, 0.5) is 0 Å². The number of nitrogens with two attached hydrogens (primary N) is 1. The lowest BCUT2D eigenvalue weighted by atomic mass is 10.1. The van der Waals surface area contributed by atoms with E-state index in [0.717, 1.165) is 29.2 Å². The van der Waals surface area contributed by atoms with Crippen LogP contribution in [0.3, 0.4) is 0 Å². The van der Waals surface area contributed by atoms with Gasteiger partial charge in [-0.2, -0.15) is 0 Å². The number of methoxy groups -OCH3 is 1. The Hall–Kier alpha value is -2.00. The van der Waals surface area contributed by atoms with E-state index >= 15 is 0 Å². The normalized spacial score (nSPS) is 10.4. The van der Waals surface area contributed by atoms with Crippen LogP contribution in [0.1, 0.15) is 16.7 Å². The highest BCUT2D eigenvalue weighted by Gasteiger charge is 2.07. The molecule has 0 saturated heterocycles. The summed E-state index contributed by atoms with van der Waals surface area (Å²) >= 11 is 0. The third-order valence-corrected chi connectivity index (χ3v) is 3.27. The van der Waals surface area contributed by atoms with Crippen molar-refractivity contribution in [2.45, 2.75) is 20.3 Å². The van der Waals surface area contributed by atoms with Crippen molar-refractivity contribution in [1.82, 2.24) is 0 Å². The maximum absolute atomic E-state index is 5.91. The first-order valence-electron chi connectivity index (χ1n) is 6.76. The first kappa shape index (κ1) is 14.4. The molecule has 2 aromatic rings. The van der Waals surface area contributed by atoms with Crippen LogP contribution in [0.15, 0.2) is 36.4 Å². The minimum Gasteiger partial charge on any atom is -0.493 e. The van der Waals surface area contributed by atoms with Gasteiger partial charge in [-0.25, -0.2) is 0 Å². The molecular formula is C17H21NO2. The molecular weight excluding hydrogens is 250 g/mol. The maximum atomic E-state index is 5.91. The molecule has 0 spiro atoms. The van der Waals surface area contributed by atoms with E-state index in [1.54, 1.807) is 7.11 Å². The van der Waals surface area contributed by atoms with Crippen molar-refractivity contribution < 1.29 is 9.47 Å². The summed E-state index contributed by atoms with van der Waals surface area (Å²) in [5.74, 6) is 2.28. The van der Waals surface area contributed by atoms with Crippen molar-refractivity contribution in [3.05, 3.63) is 53.1 Å². The third-order valence-electron chi connectivity index (χ3n) is 3.27. The largest absolute Gasteiger partial charge is 0.493 e. The van der Waals surface area contributed by atoms with E-state index in [9.17, 15) is 0 Å². The van der Waals surface area contributed by atoms with Crippen molar-refractivity contribution in [3.63, 3.8) is 0 Å². The Balaban J connectivity index is 2.24. The van der Waals surface area contributed by atoms with Gasteiger partial charge >= 0.3 is 0 Å². The van der Waals surface area contributed by atoms with Gasteiger partial charge in [-0.3, -0.25) is 0 Å². The van der Waals surface area contributed by atoms with Gasteiger partial charge in [-0.1, -0.05) is 12.1 Å². The Labute approximate surface area is 120 Å². The van der Waals surface area contributed by atoms with E-state index in [2.05, 4.69) is 13.0 Å². The molecule has 0 fully saturated rings. The fourth-order valence-corrected chi connectivity index (χ4v) is 2.15. The molecule has 0 amide bonds. The highest BCUT2D eigenvalue weighted by Crippen LogP contribution is 2.32. The van der Waals surface area contributed by atoms with Crippen LogP contribution in [-0.2, 0) is 6.42 Å². The van der Waals surface area contributed by atoms with E-state index in [4.69, 9.17) is 15.2 Å². The van der Waals surface area contributed by atoms with Crippen molar-refractivity contribution in [3.8, 4) is 17.2 Å². The van der Waals surface area contributed by atoms with E-state index < -0.39 is 0 Å². The van der Waals surface area contributed by atoms with Crippen molar-refractivity contribution >= 4 is 0 Å². The van der Waals surface area contributed by atoms with Crippen molar-refractivity contribution in [2.75, 3.05) is 13.7 Å². The summed E-state index contributed by atoms with van der Waals surface area (Å²) in [6, 6.07) is 12.0. The fourth-order valence-electron chi connectivity index (χ4n) is 2.15. The van der Waals surface area contributed by atoms with Crippen LogP contribution in [0.25, 0.3) is 0 Å². The van der Waals surface area contributed by atoms with E-state index in [0.29, 0.717) is 6.54 Å². The molecule has 2 aromatic carbocycles. The van der Waals surface area contributed by atoms with E-state index in [-0.39, 0.29) is 0 Å².